The zero-order valence-electron chi connectivity index (χ0n) is 11.0. The van der Waals surface area contributed by atoms with Gasteiger partial charge in [0, 0.05) is 11.6 Å². The Morgan fingerprint density at radius 3 is 2.58 bits per heavy atom. The number of hydrogen-bond acceptors (Lipinski definition) is 2. The zero-order chi connectivity index (χ0) is 13.5. The van der Waals surface area contributed by atoms with Crippen molar-refractivity contribution in [3.63, 3.8) is 0 Å². The Balaban J connectivity index is 2.00. The summed E-state index contributed by atoms with van der Waals surface area (Å²) in [6.07, 6.45) is 1.14. The van der Waals surface area contributed by atoms with Crippen LogP contribution in [0.3, 0.4) is 0 Å². The molecule has 0 spiro atoms. The topological polar surface area (TPSA) is 21.3 Å². The second-order valence-corrected chi connectivity index (χ2v) is 4.82. The molecule has 0 aromatic heterocycles. The summed E-state index contributed by atoms with van der Waals surface area (Å²) in [6.45, 7) is 4.06. The van der Waals surface area contributed by atoms with Crippen LogP contribution in [-0.4, -0.2) is 6.54 Å². The van der Waals surface area contributed by atoms with Crippen LogP contribution < -0.4 is 10.1 Å². The first-order valence-electron chi connectivity index (χ1n) is 6.51. The third-order valence-corrected chi connectivity index (χ3v) is 2.96. The summed E-state index contributed by atoms with van der Waals surface area (Å²) in [5, 5.41) is 4.09. The number of nitrogens with one attached hydrogen (secondary N) is 1. The van der Waals surface area contributed by atoms with Crippen LogP contribution >= 0.6 is 11.6 Å². The number of rotatable bonds is 6. The average molecular weight is 276 g/mol. The summed E-state index contributed by atoms with van der Waals surface area (Å²) < 4.78 is 5.79. The highest BCUT2D eigenvalue weighted by molar-refractivity contribution is 6.30. The van der Waals surface area contributed by atoms with Gasteiger partial charge in [0.1, 0.15) is 11.5 Å². The van der Waals surface area contributed by atoms with Crippen LogP contribution in [0.15, 0.2) is 48.5 Å². The van der Waals surface area contributed by atoms with Crippen molar-refractivity contribution in [3.8, 4) is 11.5 Å². The summed E-state index contributed by atoms with van der Waals surface area (Å²) >= 11 is 5.85. The Kier molecular flexibility index (Phi) is 5.25. The molecule has 0 radical (unpaired) electrons. The predicted octanol–water partition coefficient (Wildman–Crippen LogP) is 4.63. The van der Waals surface area contributed by atoms with Gasteiger partial charge >= 0.3 is 0 Å². The molecule has 0 fully saturated rings. The molecule has 2 aromatic rings. The van der Waals surface area contributed by atoms with Crippen molar-refractivity contribution < 1.29 is 4.74 Å². The Labute approximate surface area is 119 Å². The van der Waals surface area contributed by atoms with Crippen LogP contribution in [0.1, 0.15) is 18.9 Å². The van der Waals surface area contributed by atoms with Crippen molar-refractivity contribution in [3.05, 3.63) is 59.1 Å². The van der Waals surface area contributed by atoms with E-state index >= 15 is 0 Å². The third kappa shape index (κ3) is 4.58. The summed E-state index contributed by atoms with van der Waals surface area (Å²) in [5.74, 6) is 1.64. The van der Waals surface area contributed by atoms with Crippen molar-refractivity contribution in [2.75, 3.05) is 6.54 Å². The molecule has 0 aliphatic heterocycles. The minimum Gasteiger partial charge on any atom is -0.457 e. The Hall–Kier alpha value is -1.51. The standard InChI is InChI=1S/C16H18ClNO/c1-2-10-18-12-13-4-3-5-16(11-13)19-15-8-6-14(17)7-9-15/h3-9,11,18H,2,10,12H2,1H3. The fraction of sp³-hybridized carbons (Fsp3) is 0.250. The minimum atomic E-state index is 0.713. The lowest BCUT2D eigenvalue weighted by atomic mass is 10.2. The maximum atomic E-state index is 5.85. The average Bonchev–Trinajstić information content (AvgIpc) is 2.42. The van der Waals surface area contributed by atoms with Crippen LogP contribution in [0.25, 0.3) is 0 Å². The fourth-order valence-corrected chi connectivity index (χ4v) is 1.89. The molecule has 2 rings (SSSR count). The molecule has 3 heteroatoms. The van der Waals surface area contributed by atoms with Crippen molar-refractivity contribution in [2.45, 2.75) is 19.9 Å². The van der Waals surface area contributed by atoms with Crippen molar-refractivity contribution in [1.29, 1.82) is 0 Å². The number of halogens is 1. The summed E-state index contributed by atoms with van der Waals surface area (Å²) in [5.41, 5.74) is 1.22. The van der Waals surface area contributed by atoms with Gasteiger partial charge < -0.3 is 10.1 Å². The monoisotopic (exact) mass is 275 g/mol. The van der Waals surface area contributed by atoms with Gasteiger partial charge in [0.25, 0.3) is 0 Å². The molecule has 0 aliphatic rings. The lowest BCUT2D eigenvalue weighted by Gasteiger charge is -2.08. The van der Waals surface area contributed by atoms with E-state index in [-0.39, 0.29) is 0 Å². The molecular formula is C16H18ClNO. The normalized spacial score (nSPS) is 10.4. The van der Waals surface area contributed by atoms with E-state index in [0.717, 1.165) is 31.0 Å². The van der Waals surface area contributed by atoms with Gasteiger partial charge in [-0.15, -0.1) is 0 Å². The number of hydrogen-bond donors (Lipinski definition) is 1. The predicted molar refractivity (Wildman–Crippen MR) is 80.0 cm³/mol. The second kappa shape index (κ2) is 7.17. The van der Waals surface area contributed by atoms with E-state index in [0.29, 0.717) is 5.02 Å². The van der Waals surface area contributed by atoms with E-state index in [1.165, 1.54) is 5.56 Å². The number of benzene rings is 2. The van der Waals surface area contributed by atoms with Crippen LogP contribution in [0, 0.1) is 0 Å². The Morgan fingerprint density at radius 1 is 1.05 bits per heavy atom. The van der Waals surface area contributed by atoms with E-state index in [2.05, 4.69) is 24.4 Å². The third-order valence-electron chi connectivity index (χ3n) is 2.70. The van der Waals surface area contributed by atoms with Gasteiger partial charge in [-0.2, -0.15) is 0 Å². The van der Waals surface area contributed by atoms with Crippen molar-refractivity contribution in [2.24, 2.45) is 0 Å². The highest BCUT2D eigenvalue weighted by Crippen LogP contribution is 2.23. The van der Waals surface area contributed by atoms with E-state index in [1.807, 2.05) is 36.4 Å². The molecule has 0 atom stereocenters. The molecule has 2 aromatic carbocycles. The summed E-state index contributed by atoms with van der Waals surface area (Å²) in [4.78, 5) is 0. The molecule has 0 unspecified atom stereocenters. The molecule has 0 bridgehead atoms. The summed E-state index contributed by atoms with van der Waals surface area (Å²) in [7, 11) is 0. The lowest BCUT2D eigenvalue weighted by Crippen LogP contribution is -2.13. The maximum Gasteiger partial charge on any atom is 0.127 e. The molecule has 0 saturated carbocycles. The molecule has 0 saturated heterocycles. The summed E-state index contributed by atoms with van der Waals surface area (Å²) in [6, 6.07) is 15.5. The number of ether oxygens (including phenoxy) is 1. The van der Waals surface area contributed by atoms with Gasteiger partial charge in [0.05, 0.1) is 0 Å². The molecule has 1 N–H and O–H groups in total. The molecule has 0 heterocycles. The zero-order valence-corrected chi connectivity index (χ0v) is 11.8. The lowest BCUT2D eigenvalue weighted by molar-refractivity contribution is 0.481. The smallest absolute Gasteiger partial charge is 0.127 e. The molecule has 0 amide bonds. The molecule has 2 nitrogen and oxygen atoms in total. The van der Waals surface area contributed by atoms with Gasteiger partial charge in [-0.1, -0.05) is 30.7 Å². The van der Waals surface area contributed by atoms with Gasteiger partial charge in [-0.3, -0.25) is 0 Å². The molecule has 19 heavy (non-hydrogen) atoms. The van der Waals surface area contributed by atoms with Crippen LogP contribution in [0.5, 0.6) is 11.5 Å². The van der Waals surface area contributed by atoms with Crippen molar-refractivity contribution >= 4 is 11.6 Å². The molecule has 100 valence electrons. The first kappa shape index (κ1) is 13.9. The van der Waals surface area contributed by atoms with E-state index in [9.17, 15) is 0 Å². The quantitative estimate of drug-likeness (QED) is 0.776. The largest absolute Gasteiger partial charge is 0.457 e. The van der Waals surface area contributed by atoms with Crippen LogP contribution in [0.2, 0.25) is 5.02 Å². The SMILES string of the molecule is CCCNCc1cccc(Oc2ccc(Cl)cc2)c1. The fourth-order valence-electron chi connectivity index (χ4n) is 1.77. The first-order valence-corrected chi connectivity index (χ1v) is 6.89. The van der Waals surface area contributed by atoms with Gasteiger partial charge in [0.15, 0.2) is 0 Å². The van der Waals surface area contributed by atoms with Crippen molar-refractivity contribution in [1.82, 2.24) is 5.32 Å². The Morgan fingerprint density at radius 2 is 1.84 bits per heavy atom. The van der Waals surface area contributed by atoms with Crippen LogP contribution in [-0.2, 0) is 6.54 Å². The Bertz CT molecular complexity index is 510. The maximum absolute atomic E-state index is 5.85. The van der Waals surface area contributed by atoms with Gasteiger partial charge in [-0.25, -0.2) is 0 Å². The highest BCUT2D eigenvalue weighted by Gasteiger charge is 1.99. The second-order valence-electron chi connectivity index (χ2n) is 4.38. The van der Waals surface area contributed by atoms with E-state index in [1.54, 1.807) is 0 Å². The molecule has 0 aliphatic carbocycles. The van der Waals surface area contributed by atoms with E-state index < -0.39 is 0 Å². The van der Waals surface area contributed by atoms with Gasteiger partial charge in [0.2, 0.25) is 0 Å². The highest BCUT2D eigenvalue weighted by atomic mass is 35.5. The van der Waals surface area contributed by atoms with Gasteiger partial charge in [-0.05, 0) is 54.9 Å². The first-order chi connectivity index (χ1) is 9.28. The minimum absolute atomic E-state index is 0.713. The molecular weight excluding hydrogens is 258 g/mol. The van der Waals surface area contributed by atoms with E-state index in [4.69, 9.17) is 16.3 Å². The van der Waals surface area contributed by atoms with Crippen LogP contribution in [0.4, 0.5) is 0 Å².